The molecule has 0 radical (unpaired) electrons. The third kappa shape index (κ3) is 6.36. The third-order valence-electron chi connectivity index (χ3n) is 6.11. The minimum Gasteiger partial charge on any atom is -0.404 e. The lowest BCUT2D eigenvalue weighted by Gasteiger charge is -2.34. The van der Waals surface area contributed by atoms with Gasteiger partial charge in [-0.15, -0.1) is 0 Å². The molecule has 1 fully saturated rings. The van der Waals surface area contributed by atoms with Gasteiger partial charge in [0, 0.05) is 47.7 Å². The monoisotopic (exact) mass is 446 g/mol. The van der Waals surface area contributed by atoms with Crippen LogP contribution in [0.1, 0.15) is 51.0 Å². The average Bonchev–Trinajstić information content (AvgIpc) is 2.78. The van der Waals surface area contributed by atoms with E-state index in [-0.39, 0.29) is 24.3 Å². The summed E-state index contributed by atoms with van der Waals surface area (Å²) in [5.74, 6) is 0.113. The molecule has 1 heterocycles. The van der Waals surface area contributed by atoms with Crippen molar-refractivity contribution in [3.63, 3.8) is 0 Å². The summed E-state index contributed by atoms with van der Waals surface area (Å²) in [4.78, 5) is 14.3. The Hall–Kier alpha value is -3.30. The van der Waals surface area contributed by atoms with Crippen LogP contribution in [0.4, 0.5) is 5.69 Å². The number of aliphatic hydroxyl groups is 1. The number of anilines is 1. The maximum absolute atomic E-state index is 12.4. The first-order valence-electron chi connectivity index (χ1n) is 11.5. The van der Waals surface area contributed by atoms with Crippen molar-refractivity contribution in [1.82, 2.24) is 4.90 Å². The van der Waals surface area contributed by atoms with E-state index in [4.69, 9.17) is 5.73 Å². The van der Waals surface area contributed by atoms with E-state index in [1.165, 1.54) is 0 Å². The van der Waals surface area contributed by atoms with E-state index in [0.717, 1.165) is 41.0 Å². The molecule has 0 saturated carbocycles. The molecule has 1 aliphatic heterocycles. The normalized spacial score (nSPS) is 20.4. The number of carbonyl (C=O) groups is 1. The van der Waals surface area contributed by atoms with Gasteiger partial charge in [0.15, 0.2) is 0 Å². The van der Waals surface area contributed by atoms with Gasteiger partial charge in [-0.1, -0.05) is 36.9 Å². The van der Waals surface area contributed by atoms with Gasteiger partial charge < -0.3 is 21.1 Å². The molecule has 1 atom stereocenters. The van der Waals surface area contributed by atoms with Crippen LogP contribution in [0.15, 0.2) is 48.6 Å². The van der Waals surface area contributed by atoms with Crippen LogP contribution in [0.2, 0.25) is 0 Å². The lowest BCUT2D eigenvalue weighted by atomic mass is 9.88. The number of nitrogens with zero attached hydrogens (tertiary/aromatic N) is 2. The lowest BCUT2D eigenvalue weighted by molar-refractivity contribution is -0.136. The molecule has 0 spiro atoms. The van der Waals surface area contributed by atoms with Crippen LogP contribution >= 0.6 is 0 Å². The van der Waals surface area contributed by atoms with E-state index < -0.39 is 5.60 Å². The van der Waals surface area contributed by atoms with Crippen LogP contribution in [0.25, 0.3) is 12.3 Å². The van der Waals surface area contributed by atoms with Gasteiger partial charge in [-0.05, 0) is 56.0 Å². The molecule has 6 heteroatoms. The molecule has 4 N–H and O–H groups in total. The highest BCUT2D eigenvalue weighted by molar-refractivity contribution is 5.77. The number of hydrogen-bond acceptors (Lipinski definition) is 5. The Kier molecular flexibility index (Phi) is 7.78. The van der Waals surface area contributed by atoms with Crippen molar-refractivity contribution in [2.45, 2.75) is 57.1 Å². The third-order valence-corrected chi connectivity index (χ3v) is 6.11. The van der Waals surface area contributed by atoms with E-state index in [9.17, 15) is 15.2 Å². The highest BCUT2D eigenvalue weighted by atomic mass is 16.3. The number of allylic oxidation sites excluding steroid dienone is 5. The van der Waals surface area contributed by atoms with E-state index in [1.54, 1.807) is 26.1 Å². The second-order valence-corrected chi connectivity index (χ2v) is 9.41. The fourth-order valence-corrected chi connectivity index (χ4v) is 4.45. The topological polar surface area (TPSA) is 102 Å². The first-order valence-corrected chi connectivity index (χ1v) is 11.5. The Bertz CT molecular complexity index is 1110. The van der Waals surface area contributed by atoms with E-state index in [2.05, 4.69) is 30.1 Å². The number of likely N-dealkylation sites (tertiary alicyclic amines) is 1. The first kappa shape index (κ1) is 24.3. The summed E-state index contributed by atoms with van der Waals surface area (Å²) >= 11 is 0. The molecule has 3 rings (SSSR count). The molecule has 33 heavy (non-hydrogen) atoms. The van der Waals surface area contributed by atoms with Crippen molar-refractivity contribution < 1.29 is 9.90 Å². The zero-order chi connectivity index (χ0) is 24.0. The van der Waals surface area contributed by atoms with Gasteiger partial charge in [-0.25, -0.2) is 0 Å². The molecule has 1 amide bonds. The quantitative estimate of drug-likeness (QED) is 0.623. The summed E-state index contributed by atoms with van der Waals surface area (Å²) in [6.07, 6.45) is 13.8. The van der Waals surface area contributed by atoms with Crippen LogP contribution in [-0.4, -0.2) is 40.6 Å². The van der Waals surface area contributed by atoms with Crippen LogP contribution in [-0.2, 0) is 4.79 Å². The van der Waals surface area contributed by atoms with Crippen molar-refractivity contribution in [3.8, 4) is 6.07 Å². The van der Waals surface area contributed by atoms with Crippen molar-refractivity contribution >= 4 is 23.9 Å². The first-order chi connectivity index (χ1) is 15.7. The number of benzene rings is 1. The maximum atomic E-state index is 12.4. The summed E-state index contributed by atoms with van der Waals surface area (Å²) in [5.41, 5.74) is 7.76. The smallest absolute Gasteiger partial charge is 0.225 e. The fraction of sp³-hybridized carbons (Fsp3) is 0.407. The molecule has 174 valence electrons. The van der Waals surface area contributed by atoms with Crippen LogP contribution < -0.4 is 21.5 Å². The molecule has 1 aromatic rings. The number of carbonyl (C=O) groups excluding carboxylic acids is 1. The Labute approximate surface area is 196 Å². The molecular formula is C27H34N4O2. The summed E-state index contributed by atoms with van der Waals surface area (Å²) in [6.45, 7) is 8.47. The van der Waals surface area contributed by atoms with Gasteiger partial charge in [0.1, 0.15) is 0 Å². The zero-order valence-corrected chi connectivity index (χ0v) is 19.6. The number of nitrogens with one attached hydrogen (secondary N) is 1. The largest absolute Gasteiger partial charge is 0.404 e. The number of nitriles is 1. The summed E-state index contributed by atoms with van der Waals surface area (Å²) in [5, 5.41) is 24.8. The van der Waals surface area contributed by atoms with Crippen molar-refractivity contribution in [3.05, 3.63) is 64.6 Å². The molecular weight excluding hydrogens is 412 g/mol. The SMILES string of the molecule is C=C/C=c1/cc(C2C=C(C#N)C=CC2)cc(NC2CCN(C(=O)CC(C)(C)O)CC2)/c1=C/N. The summed E-state index contributed by atoms with van der Waals surface area (Å²) in [7, 11) is 0. The Morgan fingerprint density at radius 3 is 2.73 bits per heavy atom. The second kappa shape index (κ2) is 10.5. The predicted octanol–water partition coefficient (Wildman–Crippen LogP) is 2.41. The van der Waals surface area contributed by atoms with E-state index in [0.29, 0.717) is 18.7 Å². The van der Waals surface area contributed by atoms with Crippen molar-refractivity contribution in [2.75, 3.05) is 18.4 Å². The van der Waals surface area contributed by atoms with Crippen LogP contribution in [0.5, 0.6) is 0 Å². The summed E-state index contributed by atoms with van der Waals surface area (Å²) in [6, 6.07) is 6.68. The van der Waals surface area contributed by atoms with Gasteiger partial charge in [0.25, 0.3) is 0 Å². The van der Waals surface area contributed by atoms with E-state index >= 15 is 0 Å². The minimum atomic E-state index is -0.995. The van der Waals surface area contributed by atoms with Gasteiger partial charge in [0.05, 0.1) is 18.1 Å². The Morgan fingerprint density at radius 1 is 1.39 bits per heavy atom. The van der Waals surface area contributed by atoms with Crippen LogP contribution in [0.3, 0.4) is 0 Å². The average molecular weight is 447 g/mol. The standard InChI is InChI=1S/C27H34N4O2/c1-4-6-21-14-22(20-8-5-7-19(13-20)17-28)15-25(24(21)18-29)30-23-9-11-31(12-10-23)26(32)16-27(2,3)33/h4-7,13-15,18,20,23,30,33H,1,8-12,16,29H2,2-3H3/b21-6-,24-18+. The van der Waals surface area contributed by atoms with Gasteiger partial charge in [-0.3, -0.25) is 4.79 Å². The van der Waals surface area contributed by atoms with Crippen molar-refractivity contribution in [2.24, 2.45) is 5.73 Å². The summed E-state index contributed by atoms with van der Waals surface area (Å²) < 4.78 is 0. The molecule has 1 saturated heterocycles. The Balaban J connectivity index is 1.82. The van der Waals surface area contributed by atoms with Crippen molar-refractivity contribution in [1.29, 1.82) is 5.26 Å². The molecule has 6 nitrogen and oxygen atoms in total. The number of nitrogens with two attached hydrogens (primary N) is 1. The zero-order valence-electron chi connectivity index (χ0n) is 19.6. The number of rotatable bonds is 6. The second-order valence-electron chi connectivity index (χ2n) is 9.41. The Morgan fingerprint density at radius 2 is 2.12 bits per heavy atom. The van der Waals surface area contributed by atoms with Crippen LogP contribution in [0, 0.1) is 11.3 Å². The molecule has 0 bridgehead atoms. The molecule has 0 aromatic heterocycles. The molecule has 1 aliphatic carbocycles. The predicted molar refractivity (Wildman–Crippen MR) is 133 cm³/mol. The van der Waals surface area contributed by atoms with Gasteiger partial charge >= 0.3 is 0 Å². The fourth-order valence-electron chi connectivity index (χ4n) is 4.45. The maximum Gasteiger partial charge on any atom is 0.225 e. The van der Waals surface area contributed by atoms with Gasteiger partial charge in [-0.2, -0.15) is 5.26 Å². The highest BCUT2D eigenvalue weighted by Crippen LogP contribution is 2.27. The molecule has 1 aromatic carbocycles. The molecule has 2 aliphatic rings. The highest BCUT2D eigenvalue weighted by Gasteiger charge is 2.27. The lowest BCUT2D eigenvalue weighted by Crippen LogP contribution is -2.45. The molecule has 1 unspecified atom stereocenters. The number of amides is 1. The van der Waals surface area contributed by atoms with E-state index in [1.807, 2.05) is 29.2 Å². The number of piperidine rings is 1. The number of hydrogen-bond donors (Lipinski definition) is 3. The minimum absolute atomic E-state index is 0.00719. The van der Waals surface area contributed by atoms with Gasteiger partial charge in [0.2, 0.25) is 5.91 Å².